The molecule has 0 spiro atoms. The van der Waals surface area contributed by atoms with Crippen LogP contribution in [0, 0.1) is 5.92 Å². The van der Waals surface area contributed by atoms with Gasteiger partial charge in [-0.25, -0.2) is 0 Å². The van der Waals surface area contributed by atoms with Gasteiger partial charge in [0.15, 0.2) is 0 Å². The monoisotopic (exact) mass is 239 g/mol. The minimum atomic E-state index is -0.217. The summed E-state index contributed by atoms with van der Waals surface area (Å²) in [6.45, 7) is 4.02. The molecule has 0 aromatic carbocycles. The Labute approximate surface area is 102 Å². The first-order chi connectivity index (χ1) is 7.66. The molecule has 2 rings (SSSR count). The lowest BCUT2D eigenvalue weighted by Crippen LogP contribution is -2.33. The van der Waals surface area contributed by atoms with Gasteiger partial charge in [-0.05, 0) is 50.5 Å². The van der Waals surface area contributed by atoms with Gasteiger partial charge in [0, 0.05) is 17.0 Å². The van der Waals surface area contributed by atoms with Crippen molar-refractivity contribution in [2.75, 3.05) is 0 Å². The highest BCUT2D eigenvalue weighted by Gasteiger charge is 2.33. The number of aliphatic hydroxyl groups excluding tert-OH is 1. The Bertz CT molecular complexity index is 306. The molecule has 1 saturated carbocycles. The molecule has 0 radical (unpaired) electrons. The van der Waals surface area contributed by atoms with E-state index >= 15 is 0 Å². The summed E-state index contributed by atoms with van der Waals surface area (Å²) in [7, 11) is 0. The van der Waals surface area contributed by atoms with E-state index in [1.165, 1.54) is 17.7 Å². The van der Waals surface area contributed by atoms with Crippen molar-refractivity contribution >= 4 is 11.3 Å². The van der Waals surface area contributed by atoms with Crippen LogP contribution in [0.15, 0.2) is 17.5 Å². The molecule has 0 bridgehead atoms. The molecule has 3 unspecified atom stereocenters. The SMILES string of the molecule is CC(O)CC(C)NC(c1cccs1)C1CC1. The van der Waals surface area contributed by atoms with E-state index in [2.05, 4.69) is 29.8 Å². The molecular formula is C13H21NOS. The van der Waals surface area contributed by atoms with Gasteiger partial charge >= 0.3 is 0 Å². The Morgan fingerprint density at radius 3 is 2.75 bits per heavy atom. The zero-order valence-electron chi connectivity index (χ0n) is 10.0. The van der Waals surface area contributed by atoms with Gasteiger partial charge in [0.25, 0.3) is 0 Å². The Kier molecular flexibility index (Phi) is 4.00. The topological polar surface area (TPSA) is 32.3 Å². The summed E-state index contributed by atoms with van der Waals surface area (Å²) < 4.78 is 0. The first kappa shape index (κ1) is 12.1. The van der Waals surface area contributed by atoms with Crippen molar-refractivity contribution in [3.8, 4) is 0 Å². The van der Waals surface area contributed by atoms with Gasteiger partial charge in [0.2, 0.25) is 0 Å². The molecule has 0 amide bonds. The average molecular weight is 239 g/mol. The summed E-state index contributed by atoms with van der Waals surface area (Å²) >= 11 is 1.84. The lowest BCUT2D eigenvalue weighted by molar-refractivity contribution is 0.167. The van der Waals surface area contributed by atoms with Crippen molar-refractivity contribution in [3.05, 3.63) is 22.4 Å². The van der Waals surface area contributed by atoms with Crippen LogP contribution < -0.4 is 5.32 Å². The zero-order chi connectivity index (χ0) is 11.5. The molecule has 3 atom stereocenters. The summed E-state index contributed by atoms with van der Waals surface area (Å²) in [5, 5.41) is 15.2. The van der Waals surface area contributed by atoms with Gasteiger partial charge in [0.1, 0.15) is 0 Å². The maximum atomic E-state index is 9.38. The second kappa shape index (κ2) is 5.30. The third-order valence-electron chi connectivity index (χ3n) is 3.10. The fourth-order valence-corrected chi connectivity index (χ4v) is 3.11. The van der Waals surface area contributed by atoms with E-state index in [0.717, 1.165) is 12.3 Å². The highest BCUT2D eigenvalue weighted by Crippen LogP contribution is 2.42. The normalized spacial score (nSPS) is 21.7. The van der Waals surface area contributed by atoms with Crippen LogP contribution in [0.5, 0.6) is 0 Å². The van der Waals surface area contributed by atoms with Crippen LogP contribution >= 0.6 is 11.3 Å². The Morgan fingerprint density at radius 2 is 2.25 bits per heavy atom. The second-order valence-corrected chi connectivity index (χ2v) is 5.96. The smallest absolute Gasteiger partial charge is 0.0526 e. The predicted molar refractivity (Wildman–Crippen MR) is 68.7 cm³/mol. The van der Waals surface area contributed by atoms with E-state index in [1.807, 2.05) is 18.3 Å². The van der Waals surface area contributed by atoms with Crippen molar-refractivity contribution in [2.24, 2.45) is 5.92 Å². The van der Waals surface area contributed by atoms with Crippen LogP contribution in [0.3, 0.4) is 0 Å². The van der Waals surface area contributed by atoms with E-state index in [1.54, 1.807) is 0 Å². The molecule has 2 nitrogen and oxygen atoms in total. The minimum Gasteiger partial charge on any atom is -0.393 e. The molecule has 16 heavy (non-hydrogen) atoms. The van der Waals surface area contributed by atoms with Crippen LogP contribution in [0.25, 0.3) is 0 Å². The third-order valence-corrected chi connectivity index (χ3v) is 4.06. The quantitative estimate of drug-likeness (QED) is 0.800. The Morgan fingerprint density at radius 1 is 1.50 bits per heavy atom. The maximum Gasteiger partial charge on any atom is 0.0526 e. The summed E-state index contributed by atoms with van der Waals surface area (Å²) in [5.41, 5.74) is 0. The Balaban J connectivity index is 1.93. The molecule has 0 aliphatic heterocycles. The summed E-state index contributed by atoms with van der Waals surface area (Å²) in [5.74, 6) is 0.815. The van der Waals surface area contributed by atoms with E-state index in [0.29, 0.717) is 12.1 Å². The lowest BCUT2D eigenvalue weighted by atomic mass is 10.1. The molecule has 1 heterocycles. The van der Waals surface area contributed by atoms with E-state index in [4.69, 9.17) is 0 Å². The number of rotatable bonds is 6. The molecule has 3 heteroatoms. The molecule has 1 fully saturated rings. The molecule has 2 N–H and O–H groups in total. The number of aliphatic hydroxyl groups is 1. The maximum absolute atomic E-state index is 9.38. The van der Waals surface area contributed by atoms with Gasteiger partial charge in [-0.15, -0.1) is 11.3 Å². The Hall–Kier alpha value is -0.380. The largest absolute Gasteiger partial charge is 0.393 e. The first-order valence-corrected chi connectivity index (χ1v) is 7.02. The van der Waals surface area contributed by atoms with Gasteiger partial charge < -0.3 is 10.4 Å². The average Bonchev–Trinajstić information content (AvgIpc) is 2.89. The highest BCUT2D eigenvalue weighted by molar-refractivity contribution is 7.10. The molecule has 90 valence electrons. The zero-order valence-corrected chi connectivity index (χ0v) is 10.8. The van der Waals surface area contributed by atoms with Crippen LogP contribution in [0.4, 0.5) is 0 Å². The minimum absolute atomic E-state index is 0.217. The molecular weight excluding hydrogens is 218 g/mol. The number of hydrogen-bond acceptors (Lipinski definition) is 3. The fourth-order valence-electron chi connectivity index (χ4n) is 2.23. The lowest BCUT2D eigenvalue weighted by Gasteiger charge is -2.23. The fraction of sp³-hybridized carbons (Fsp3) is 0.692. The number of nitrogens with one attached hydrogen (secondary N) is 1. The van der Waals surface area contributed by atoms with Crippen molar-refractivity contribution in [1.29, 1.82) is 0 Å². The first-order valence-electron chi connectivity index (χ1n) is 6.14. The molecule has 1 aliphatic rings. The summed E-state index contributed by atoms with van der Waals surface area (Å²) in [4.78, 5) is 1.44. The highest BCUT2D eigenvalue weighted by atomic mass is 32.1. The van der Waals surface area contributed by atoms with Gasteiger partial charge in [0.05, 0.1) is 6.10 Å². The van der Waals surface area contributed by atoms with E-state index in [9.17, 15) is 5.11 Å². The number of thiophene rings is 1. The molecule has 1 aromatic rings. The van der Waals surface area contributed by atoms with Crippen molar-refractivity contribution in [1.82, 2.24) is 5.32 Å². The summed E-state index contributed by atoms with van der Waals surface area (Å²) in [6, 6.07) is 5.23. The van der Waals surface area contributed by atoms with Crippen LogP contribution in [0.2, 0.25) is 0 Å². The predicted octanol–water partition coefficient (Wildman–Crippen LogP) is 2.95. The van der Waals surface area contributed by atoms with Gasteiger partial charge in [-0.2, -0.15) is 0 Å². The summed E-state index contributed by atoms with van der Waals surface area (Å²) in [6.07, 6.45) is 3.30. The van der Waals surface area contributed by atoms with E-state index < -0.39 is 0 Å². The third kappa shape index (κ3) is 3.30. The van der Waals surface area contributed by atoms with Crippen LogP contribution in [0.1, 0.15) is 44.0 Å². The van der Waals surface area contributed by atoms with Gasteiger partial charge in [-0.1, -0.05) is 6.07 Å². The standard InChI is InChI=1S/C13H21NOS/c1-9(8-10(2)15)14-13(11-5-6-11)12-4-3-7-16-12/h3-4,7,9-11,13-15H,5-6,8H2,1-2H3. The van der Waals surface area contributed by atoms with Crippen LogP contribution in [-0.4, -0.2) is 17.3 Å². The number of hydrogen-bond donors (Lipinski definition) is 2. The molecule has 0 saturated heterocycles. The van der Waals surface area contributed by atoms with Crippen LogP contribution in [-0.2, 0) is 0 Å². The molecule has 1 aliphatic carbocycles. The van der Waals surface area contributed by atoms with Crippen molar-refractivity contribution < 1.29 is 5.11 Å². The van der Waals surface area contributed by atoms with E-state index in [-0.39, 0.29) is 6.10 Å². The van der Waals surface area contributed by atoms with Crippen molar-refractivity contribution in [2.45, 2.75) is 51.3 Å². The van der Waals surface area contributed by atoms with Crippen molar-refractivity contribution in [3.63, 3.8) is 0 Å². The molecule has 1 aromatic heterocycles. The second-order valence-electron chi connectivity index (χ2n) is 4.98. The van der Waals surface area contributed by atoms with Gasteiger partial charge in [-0.3, -0.25) is 0 Å².